The number of morpholine rings is 1. The Morgan fingerprint density at radius 3 is 2.63 bits per heavy atom. The average molecular weight is 262 g/mol. The van der Waals surface area contributed by atoms with Crippen LogP contribution >= 0.6 is 0 Å². The van der Waals surface area contributed by atoms with E-state index in [9.17, 15) is 0 Å². The van der Waals surface area contributed by atoms with E-state index >= 15 is 0 Å². The van der Waals surface area contributed by atoms with Crippen LogP contribution in [0.25, 0.3) is 0 Å². The molecule has 104 valence electrons. The first kappa shape index (κ1) is 12.6. The minimum Gasteiger partial charge on any atom is -0.487 e. The van der Waals surface area contributed by atoms with E-state index in [4.69, 9.17) is 9.47 Å². The second kappa shape index (κ2) is 4.60. The zero-order valence-electron chi connectivity index (χ0n) is 12.0. The topological polar surface area (TPSA) is 33.7 Å². The third-order valence-corrected chi connectivity index (χ3v) is 3.80. The van der Waals surface area contributed by atoms with Crippen molar-refractivity contribution in [2.24, 2.45) is 0 Å². The van der Waals surface area contributed by atoms with Gasteiger partial charge in [0.25, 0.3) is 0 Å². The highest BCUT2D eigenvalue weighted by atomic mass is 16.5. The van der Waals surface area contributed by atoms with Crippen molar-refractivity contribution in [2.45, 2.75) is 25.9 Å². The maximum Gasteiger partial charge on any atom is 0.125 e. The number of fused-ring (bicyclic) bond motifs is 1. The lowest BCUT2D eigenvalue weighted by Gasteiger charge is -2.30. The summed E-state index contributed by atoms with van der Waals surface area (Å²) >= 11 is 0. The fraction of sp³-hybridized carbons (Fsp3) is 0.600. The minimum atomic E-state index is -0.0863. The molecule has 3 rings (SSSR count). The summed E-state index contributed by atoms with van der Waals surface area (Å²) in [6.07, 6.45) is 0.973. The van der Waals surface area contributed by atoms with Crippen molar-refractivity contribution in [3.8, 4) is 5.75 Å². The summed E-state index contributed by atoms with van der Waals surface area (Å²) in [6.45, 7) is 7.76. The smallest absolute Gasteiger partial charge is 0.125 e. The predicted molar refractivity (Wildman–Crippen MR) is 77.4 cm³/mol. The van der Waals surface area contributed by atoms with E-state index in [-0.39, 0.29) is 5.60 Å². The van der Waals surface area contributed by atoms with Crippen molar-refractivity contribution in [3.05, 3.63) is 17.7 Å². The lowest BCUT2D eigenvalue weighted by Crippen LogP contribution is -2.36. The number of nitrogens with zero attached hydrogens (tertiary/aromatic N) is 1. The molecular formula is C15H22N2O2. The molecule has 0 bridgehead atoms. The van der Waals surface area contributed by atoms with Crippen molar-refractivity contribution in [1.82, 2.24) is 0 Å². The molecule has 19 heavy (non-hydrogen) atoms. The third-order valence-electron chi connectivity index (χ3n) is 3.80. The standard InChI is InChI=1S/C15H22N2O2/c1-15(2)10-11-8-12(16-3)13(9-14(11)19-15)17-4-6-18-7-5-17/h8-9,16H,4-7,10H2,1-3H3. The fourth-order valence-corrected chi connectivity index (χ4v) is 2.91. The Balaban J connectivity index is 1.96. The zero-order chi connectivity index (χ0) is 13.5. The van der Waals surface area contributed by atoms with Crippen LogP contribution in [0.3, 0.4) is 0 Å². The van der Waals surface area contributed by atoms with Crippen molar-refractivity contribution < 1.29 is 9.47 Å². The largest absolute Gasteiger partial charge is 0.487 e. The highest BCUT2D eigenvalue weighted by Gasteiger charge is 2.31. The molecular weight excluding hydrogens is 240 g/mol. The second-order valence-electron chi connectivity index (χ2n) is 5.87. The van der Waals surface area contributed by atoms with E-state index in [2.05, 4.69) is 36.2 Å². The van der Waals surface area contributed by atoms with Gasteiger partial charge in [-0.2, -0.15) is 0 Å². The van der Waals surface area contributed by atoms with Gasteiger partial charge in [0, 0.05) is 38.2 Å². The van der Waals surface area contributed by atoms with Gasteiger partial charge in [-0.1, -0.05) is 0 Å². The molecule has 0 aliphatic carbocycles. The molecule has 0 amide bonds. The van der Waals surface area contributed by atoms with E-state index in [1.807, 2.05) is 7.05 Å². The van der Waals surface area contributed by atoms with Crippen molar-refractivity contribution in [1.29, 1.82) is 0 Å². The summed E-state index contributed by atoms with van der Waals surface area (Å²) < 4.78 is 11.5. The third kappa shape index (κ3) is 2.37. The van der Waals surface area contributed by atoms with Crippen molar-refractivity contribution in [3.63, 3.8) is 0 Å². The molecule has 0 saturated carbocycles. The molecule has 4 heteroatoms. The Bertz CT molecular complexity index is 479. The van der Waals surface area contributed by atoms with Gasteiger partial charge < -0.3 is 19.7 Å². The summed E-state index contributed by atoms with van der Waals surface area (Å²) in [4.78, 5) is 2.37. The van der Waals surface area contributed by atoms with Crippen LogP contribution in [0.5, 0.6) is 5.75 Å². The van der Waals surface area contributed by atoms with Gasteiger partial charge in [-0.3, -0.25) is 0 Å². The molecule has 0 spiro atoms. The average Bonchev–Trinajstić information content (AvgIpc) is 2.71. The molecule has 2 heterocycles. The quantitative estimate of drug-likeness (QED) is 0.886. The first-order chi connectivity index (χ1) is 9.09. The molecule has 2 aliphatic heterocycles. The SMILES string of the molecule is CNc1cc2c(cc1N1CCOCC1)OC(C)(C)C2. The molecule has 0 radical (unpaired) electrons. The van der Waals surface area contributed by atoms with Crippen LogP contribution in [0.1, 0.15) is 19.4 Å². The van der Waals surface area contributed by atoms with Crippen molar-refractivity contribution >= 4 is 11.4 Å². The van der Waals surface area contributed by atoms with Crippen LogP contribution in [0, 0.1) is 0 Å². The number of ether oxygens (including phenoxy) is 2. The van der Waals surface area contributed by atoms with E-state index in [0.29, 0.717) is 0 Å². The summed E-state index contributed by atoms with van der Waals surface area (Å²) in [5.41, 5.74) is 3.62. The monoisotopic (exact) mass is 262 g/mol. The molecule has 1 aromatic carbocycles. The number of hydrogen-bond donors (Lipinski definition) is 1. The van der Waals surface area contributed by atoms with Crippen LogP contribution in [0.15, 0.2) is 12.1 Å². The van der Waals surface area contributed by atoms with E-state index in [0.717, 1.165) is 38.5 Å². The molecule has 1 fully saturated rings. The van der Waals surface area contributed by atoms with Gasteiger partial charge >= 0.3 is 0 Å². The molecule has 2 aliphatic rings. The van der Waals surface area contributed by atoms with Crippen LogP contribution in [-0.4, -0.2) is 39.0 Å². The Morgan fingerprint density at radius 1 is 1.21 bits per heavy atom. The van der Waals surface area contributed by atoms with Crippen LogP contribution in [0.4, 0.5) is 11.4 Å². The van der Waals surface area contributed by atoms with Crippen LogP contribution in [-0.2, 0) is 11.2 Å². The van der Waals surface area contributed by atoms with Gasteiger partial charge in [-0.05, 0) is 19.9 Å². The lowest BCUT2D eigenvalue weighted by molar-refractivity contribution is 0.122. The molecule has 0 atom stereocenters. The second-order valence-corrected chi connectivity index (χ2v) is 5.87. The highest BCUT2D eigenvalue weighted by molar-refractivity contribution is 5.74. The lowest BCUT2D eigenvalue weighted by atomic mass is 10.0. The minimum absolute atomic E-state index is 0.0863. The fourth-order valence-electron chi connectivity index (χ4n) is 2.91. The Kier molecular flexibility index (Phi) is 3.05. The molecule has 1 aromatic rings. The number of hydrogen-bond acceptors (Lipinski definition) is 4. The molecule has 0 aromatic heterocycles. The van der Waals surface area contributed by atoms with Crippen LogP contribution in [0.2, 0.25) is 0 Å². The molecule has 1 saturated heterocycles. The van der Waals surface area contributed by atoms with Gasteiger partial charge in [0.05, 0.1) is 24.6 Å². The van der Waals surface area contributed by atoms with Crippen molar-refractivity contribution in [2.75, 3.05) is 43.6 Å². The van der Waals surface area contributed by atoms with Crippen LogP contribution < -0.4 is 15.0 Å². The number of nitrogens with one attached hydrogen (secondary N) is 1. The van der Waals surface area contributed by atoms with Gasteiger partial charge in [0.2, 0.25) is 0 Å². The van der Waals surface area contributed by atoms with Gasteiger partial charge in [-0.25, -0.2) is 0 Å². The zero-order valence-corrected chi connectivity index (χ0v) is 12.0. The van der Waals surface area contributed by atoms with E-state index in [1.165, 1.54) is 16.9 Å². The Labute approximate surface area is 114 Å². The molecule has 1 N–H and O–H groups in total. The summed E-state index contributed by atoms with van der Waals surface area (Å²) in [7, 11) is 1.98. The Morgan fingerprint density at radius 2 is 1.95 bits per heavy atom. The van der Waals surface area contributed by atoms with E-state index < -0.39 is 0 Å². The first-order valence-electron chi connectivity index (χ1n) is 6.95. The maximum atomic E-state index is 6.04. The number of anilines is 2. The summed E-state index contributed by atoms with van der Waals surface area (Å²) in [5.74, 6) is 1.03. The normalized spacial score (nSPS) is 20.9. The number of rotatable bonds is 2. The maximum absolute atomic E-state index is 6.04. The van der Waals surface area contributed by atoms with E-state index in [1.54, 1.807) is 0 Å². The van der Waals surface area contributed by atoms with Gasteiger partial charge in [-0.15, -0.1) is 0 Å². The summed E-state index contributed by atoms with van der Waals surface area (Å²) in [6, 6.07) is 4.41. The highest BCUT2D eigenvalue weighted by Crippen LogP contribution is 2.41. The predicted octanol–water partition coefficient (Wildman–Crippen LogP) is 2.28. The molecule has 4 nitrogen and oxygen atoms in total. The van der Waals surface area contributed by atoms with Gasteiger partial charge in [0.1, 0.15) is 11.4 Å². The summed E-state index contributed by atoms with van der Waals surface area (Å²) in [5, 5.41) is 3.31. The molecule has 0 unspecified atom stereocenters. The number of benzene rings is 1. The Hall–Kier alpha value is -1.42. The van der Waals surface area contributed by atoms with Gasteiger partial charge in [0.15, 0.2) is 0 Å². The first-order valence-corrected chi connectivity index (χ1v) is 6.95.